The van der Waals surface area contributed by atoms with Gasteiger partial charge >= 0.3 is 5.69 Å². The number of halogens is 2. The molecule has 0 aliphatic carbocycles. The summed E-state index contributed by atoms with van der Waals surface area (Å²) in [4.78, 5) is 15.1. The molecule has 0 atom stereocenters. The molecule has 0 fully saturated rings. The first kappa shape index (κ1) is 11.4. The highest BCUT2D eigenvalue weighted by atomic mass is 79.9. The normalized spacial score (nSPS) is 10.4. The van der Waals surface area contributed by atoms with Gasteiger partial charge in [0.15, 0.2) is 0 Å². The van der Waals surface area contributed by atoms with Crippen LogP contribution in [0.15, 0.2) is 45.9 Å². The molecule has 0 amide bonds. The third-order valence-corrected chi connectivity index (χ3v) is 3.35. The van der Waals surface area contributed by atoms with Crippen molar-refractivity contribution >= 4 is 27.5 Å². The predicted octanol–water partition coefficient (Wildman–Crippen LogP) is 2.71. The highest BCUT2D eigenvalue weighted by Crippen LogP contribution is 2.23. The molecule has 82 valence electrons. The third kappa shape index (κ3) is 2.51. The first-order valence-corrected chi connectivity index (χ1v) is 5.79. The van der Waals surface area contributed by atoms with E-state index in [0.29, 0.717) is 11.6 Å². The zero-order valence-electron chi connectivity index (χ0n) is 8.23. The second-order valence-corrected chi connectivity index (χ2v) is 4.54. The first-order chi connectivity index (χ1) is 7.66. The fraction of sp³-hybridized carbons (Fsp3) is 0.0909. The van der Waals surface area contributed by atoms with Gasteiger partial charge in [-0.2, -0.15) is 0 Å². The van der Waals surface area contributed by atoms with Crippen molar-refractivity contribution in [2.45, 2.75) is 6.54 Å². The second-order valence-electron chi connectivity index (χ2n) is 3.28. The molecule has 0 unspecified atom stereocenters. The summed E-state index contributed by atoms with van der Waals surface area (Å²) in [6.45, 7) is 0.472. The van der Waals surface area contributed by atoms with Gasteiger partial charge in [0, 0.05) is 16.9 Å². The van der Waals surface area contributed by atoms with Crippen molar-refractivity contribution in [3.8, 4) is 0 Å². The maximum absolute atomic E-state index is 11.4. The van der Waals surface area contributed by atoms with Gasteiger partial charge in [-0.1, -0.05) is 17.7 Å². The average Bonchev–Trinajstić information content (AvgIpc) is 2.27. The molecule has 0 spiro atoms. The van der Waals surface area contributed by atoms with Gasteiger partial charge in [0.25, 0.3) is 0 Å². The van der Waals surface area contributed by atoms with E-state index in [-0.39, 0.29) is 5.69 Å². The van der Waals surface area contributed by atoms with Crippen LogP contribution in [0.5, 0.6) is 0 Å². The van der Waals surface area contributed by atoms with Crippen molar-refractivity contribution in [2.75, 3.05) is 0 Å². The molecule has 2 aromatic rings. The zero-order valence-corrected chi connectivity index (χ0v) is 10.6. The standard InChI is InChI=1S/C11H8BrClN2O/c12-9-3-2-8(6-10(9)13)7-15-5-1-4-14-11(15)16/h1-6H,7H2. The number of aromatic nitrogens is 2. The molecule has 16 heavy (non-hydrogen) atoms. The monoisotopic (exact) mass is 298 g/mol. The Morgan fingerprint density at radius 1 is 1.44 bits per heavy atom. The lowest BCUT2D eigenvalue weighted by Gasteiger charge is -2.05. The quantitative estimate of drug-likeness (QED) is 0.854. The molecule has 0 aliphatic heterocycles. The number of rotatable bonds is 2. The summed E-state index contributed by atoms with van der Waals surface area (Å²) < 4.78 is 2.37. The van der Waals surface area contributed by atoms with E-state index >= 15 is 0 Å². The van der Waals surface area contributed by atoms with E-state index in [1.54, 1.807) is 12.3 Å². The molecule has 0 saturated heterocycles. The van der Waals surface area contributed by atoms with Crippen molar-refractivity contribution in [2.24, 2.45) is 0 Å². The molecular weight excluding hydrogens is 291 g/mol. The summed E-state index contributed by atoms with van der Waals surface area (Å²) >= 11 is 9.29. The number of benzene rings is 1. The Kier molecular flexibility index (Phi) is 3.41. The van der Waals surface area contributed by atoms with Crippen LogP contribution in [0, 0.1) is 0 Å². The van der Waals surface area contributed by atoms with Crippen molar-refractivity contribution in [1.82, 2.24) is 9.55 Å². The predicted molar refractivity (Wildman–Crippen MR) is 66.8 cm³/mol. The Morgan fingerprint density at radius 2 is 2.25 bits per heavy atom. The van der Waals surface area contributed by atoms with Crippen molar-refractivity contribution in [3.63, 3.8) is 0 Å². The molecule has 1 aromatic carbocycles. The van der Waals surface area contributed by atoms with Crippen LogP contribution in [0.3, 0.4) is 0 Å². The molecule has 0 aliphatic rings. The third-order valence-electron chi connectivity index (χ3n) is 2.12. The van der Waals surface area contributed by atoms with Gasteiger partial charge in [-0.15, -0.1) is 0 Å². The smallest absolute Gasteiger partial charge is 0.295 e. The Morgan fingerprint density at radius 3 is 2.94 bits per heavy atom. The summed E-state index contributed by atoms with van der Waals surface area (Å²) in [5, 5.41) is 0.634. The number of hydrogen-bond acceptors (Lipinski definition) is 2. The lowest BCUT2D eigenvalue weighted by atomic mass is 10.2. The van der Waals surface area contributed by atoms with E-state index in [9.17, 15) is 4.79 Å². The van der Waals surface area contributed by atoms with Crippen LogP contribution in [0.4, 0.5) is 0 Å². The lowest BCUT2D eigenvalue weighted by molar-refractivity contribution is 0.727. The molecule has 0 saturated carbocycles. The van der Waals surface area contributed by atoms with Gasteiger partial charge in [-0.25, -0.2) is 9.78 Å². The number of nitrogens with zero attached hydrogens (tertiary/aromatic N) is 2. The van der Waals surface area contributed by atoms with Gasteiger partial charge in [-0.05, 0) is 39.7 Å². The molecule has 1 heterocycles. The average molecular weight is 300 g/mol. The Balaban J connectivity index is 2.31. The van der Waals surface area contributed by atoms with Crippen LogP contribution in [0.1, 0.15) is 5.56 Å². The lowest BCUT2D eigenvalue weighted by Crippen LogP contribution is -2.21. The fourth-order valence-corrected chi connectivity index (χ4v) is 1.79. The molecule has 5 heteroatoms. The first-order valence-electron chi connectivity index (χ1n) is 4.62. The van der Waals surface area contributed by atoms with Crippen LogP contribution in [-0.4, -0.2) is 9.55 Å². The summed E-state index contributed by atoms with van der Waals surface area (Å²) in [6.07, 6.45) is 3.18. The van der Waals surface area contributed by atoms with Crippen molar-refractivity contribution in [1.29, 1.82) is 0 Å². The van der Waals surface area contributed by atoms with E-state index in [1.807, 2.05) is 18.2 Å². The Hall–Kier alpha value is -1.13. The molecule has 3 nitrogen and oxygen atoms in total. The summed E-state index contributed by atoms with van der Waals surface area (Å²) in [5.74, 6) is 0. The van der Waals surface area contributed by atoms with Crippen LogP contribution in [0.2, 0.25) is 5.02 Å². The SMILES string of the molecule is O=c1ncccn1Cc1ccc(Br)c(Cl)c1. The minimum absolute atomic E-state index is 0.262. The summed E-state index contributed by atoms with van der Waals surface area (Å²) in [6, 6.07) is 7.32. The molecule has 0 N–H and O–H groups in total. The molecule has 0 bridgehead atoms. The minimum Gasteiger partial charge on any atom is -0.295 e. The van der Waals surface area contributed by atoms with Gasteiger partial charge in [0.2, 0.25) is 0 Å². The van der Waals surface area contributed by atoms with Gasteiger partial charge in [0.05, 0.1) is 11.6 Å². The van der Waals surface area contributed by atoms with E-state index < -0.39 is 0 Å². The molecular formula is C11H8BrClN2O. The van der Waals surface area contributed by atoms with Crippen molar-refractivity contribution in [3.05, 3.63) is 62.2 Å². The maximum Gasteiger partial charge on any atom is 0.347 e. The largest absolute Gasteiger partial charge is 0.347 e. The number of hydrogen-bond donors (Lipinski definition) is 0. The second kappa shape index (κ2) is 4.80. The highest BCUT2D eigenvalue weighted by molar-refractivity contribution is 9.10. The molecule has 2 rings (SSSR count). The van der Waals surface area contributed by atoms with Gasteiger partial charge in [-0.3, -0.25) is 4.57 Å². The van der Waals surface area contributed by atoms with E-state index in [4.69, 9.17) is 11.6 Å². The highest BCUT2D eigenvalue weighted by Gasteiger charge is 2.01. The van der Waals surface area contributed by atoms with Gasteiger partial charge < -0.3 is 0 Å². The molecule has 1 aromatic heterocycles. The minimum atomic E-state index is -0.262. The van der Waals surface area contributed by atoms with Crippen LogP contribution < -0.4 is 5.69 Å². The zero-order chi connectivity index (χ0) is 11.5. The summed E-state index contributed by atoms with van der Waals surface area (Å²) in [5.41, 5.74) is 0.699. The van der Waals surface area contributed by atoms with E-state index in [0.717, 1.165) is 10.0 Å². The van der Waals surface area contributed by atoms with E-state index in [1.165, 1.54) is 10.8 Å². The molecule has 0 radical (unpaired) electrons. The summed E-state index contributed by atoms with van der Waals surface area (Å²) in [7, 11) is 0. The van der Waals surface area contributed by atoms with Crippen molar-refractivity contribution < 1.29 is 0 Å². The topological polar surface area (TPSA) is 34.9 Å². The van der Waals surface area contributed by atoms with Crippen LogP contribution in [-0.2, 0) is 6.54 Å². The van der Waals surface area contributed by atoms with Gasteiger partial charge in [0.1, 0.15) is 0 Å². The van der Waals surface area contributed by atoms with E-state index in [2.05, 4.69) is 20.9 Å². The fourth-order valence-electron chi connectivity index (χ4n) is 1.34. The maximum atomic E-state index is 11.4. The Bertz CT molecular complexity index is 568. The van der Waals surface area contributed by atoms with Crippen LogP contribution in [0.25, 0.3) is 0 Å². The van der Waals surface area contributed by atoms with Crippen LogP contribution >= 0.6 is 27.5 Å². The Labute approximate surface area is 106 Å².